The van der Waals surface area contributed by atoms with Crippen molar-refractivity contribution in [1.82, 2.24) is 0 Å². The Balaban J connectivity index is 1.57. The fraction of sp³-hybridized carbons (Fsp3) is 0.833. The lowest BCUT2D eigenvalue weighted by atomic mass is 9.42. The van der Waals surface area contributed by atoms with Gasteiger partial charge in [-0.3, -0.25) is 9.59 Å². The summed E-state index contributed by atoms with van der Waals surface area (Å²) in [4.78, 5) is 24.2. The van der Waals surface area contributed by atoms with E-state index in [4.69, 9.17) is 4.74 Å². The van der Waals surface area contributed by atoms with Crippen LogP contribution in [0.2, 0.25) is 0 Å². The van der Waals surface area contributed by atoms with Gasteiger partial charge in [-0.2, -0.15) is 0 Å². The molecule has 0 radical (unpaired) electrons. The van der Waals surface area contributed by atoms with Crippen molar-refractivity contribution in [3.8, 4) is 0 Å². The Labute approximate surface area is 163 Å². The van der Waals surface area contributed by atoms with Crippen LogP contribution in [0.4, 0.5) is 0 Å². The van der Waals surface area contributed by atoms with Crippen molar-refractivity contribution in [1.29, 1.82) is 0 Å². The van der Waals surface area contributed by atoms with Crippen molar-refractivity contribution < 1.29 is 14.3 Å². The maximum Gasteiger partial charge on any atom is 0.306 e. The molecule has 4 aliphatic carbocycles. The first-order valence-corrected chi connectivity index (χ1v) is 11.2. The van der Waals surface area contributed by atoms with E-state index in [9.17, 15) is 9.59 Å². The number of carbonyl (C=O) groups is 2. The zero-order valence-corrected chi connectivity index (χ0v) is 17.3. The molecular formula is C24H34O3. The van der Waals surface area contributed by atoms with Gasteiger partial charge in [-0.05, 0) is 79.6 Å². The predicted octanol–water partition coefficient (Wildman–Crippen LogP) is 5.09. The normalized spacial score (nSPS) is 54.2. The van der Waals surface area contributed by atoms with E-state index in [1.54, 1.807) is 0 Å². The van der Waals surface area contributed by atoms with Crippen molar-refractivity contribution in [3.05, 3.63) is 11.6 Å². The van der Waals surface area contributed by atoms with Gasteiger partial charge in [0.25, 0.3) is 0 Å². The van der Waals surface area contributed by atoms with Crippen molar-refractivity contribution in [2.45, 2.75) is 84.7 Å². The molecule has 6 unspecified atom stereocenters. The molecular weight excluding hydrogens is 336 g/mol. The number of hydrogen-bond donors (Lipinski definition) is 0. The van der Waals surface area contributed by atoms with Crippen LogP contribution in [0.15, 0.2) is 11.6 Å². The molecule has 0 aromatic rings. The van der Waals surface area contributed by atoms with Gasteiger partial charge in [0, 0.05) is 18.3 Å². The maximum atomic E-state index is 12.1. The van der Waals surface area contributed by atoms with Gasteiger partial charge in [0.2, 0.25) is 0 Å². The minimum atomic E-state index is -0.201. The van der Waals surface area contributed by atoms with Crippen molar-refractivity contribution in [2.75, 3.05) is 0 Å². The first-order chi connectivity index (χ1) is 12.7. The predicted molar refractivity (Wildman–Crippen MR) is 104 cm³/mol. The van der Waals surface area contributed by atoms with Crippen LogP contribution in [0.5, 0.6) is 0 Å². The van der Waals surface area contributed by atoms with E-state index < -0.39 is 0 Å². The molecule has 1 aliphatic heterocycles. The van der Waals surface area contributed by atoms with Gasteiger partial charge in [0.1, 0.15) is 5.60 Å². The first-order valence-electron chi connectivity index (χ1n) is 11.2. The lowest BCUT2D eigenvalue weighted by Crippen LogP contribution is -2.59. The molecule has 0 aromatic carbocycles. The zero-order valence-electron chi connectivity index (χ0n) is 17.3. The number of hydrogen-bond acceptors (Lipinski definition) is 3. The molecule has 3 saturated carbocycles. The third-order valence-corrected chi connectivity index (χ3v) is 9.89. The largest absolute Gasteiger partial charge is 0.458 e. The number of rotatable bonds is 0. The summed E-state index contributed by atoms with van der Waals surface area (Å²) in [6.45, 7) is 9.76. The van der Waals surface area contributed by atoms with E-state index in [0.717, 1.165) is 32.1 Å². The number of ether oxygens (including phenoxy) is 1. The smallest absolute Gasteiger partial charge is 0.306 e. The van der Waals surface area contributed by atoms with E-state index >= 15 is 0 Å². The van der Waals surface area contributed by atoms with Crippen LogP contribution < -0.4 is 0 Å². The van der Waals surface area contributed by atoms with Crippen molar-refractivity contribution in [3.63, 3.8) is 0 Å². The summed E-state index contributed by atoms with van der Waals surface area (Å²) in [6.07, 6.45) is 9.78. The number of carbonyl (C=O) groups excluding carboxylic acids is 2. The molecule has 8 atom stereocenters. The molecule has 0 amide bonds. The van der Waals surface area contributed by atoms with E-state index in [-0.39, 0.29) is 22.4 Å². The number of esters is 1. The summed E-state index contributed by atoms with van der Waals surface area (Å²) in [5.41, 5.74) is 1.54. The lowest BCUT2D eigenvalue weighted by Gasteiger charge is -2.63. The highest BCUT2D eigenvalue weighted by Gasteiger charge is 2.69. The van der Waals surface area contributed by atoms with Gasteiger partial charge < -0.3 is 4.74 Å². The second-order valence-electron chi connectivity index (χ2n) is 11.1. The van der Waals surface area contributed by atoms with E-state index in [2.05, 4.69) is 27.7 Å². The SMILES string of the molecule is CC1CC2=CC(=O)CC[C@]2(C)C2C(C)C[C@@]3(C)C(CCC34CCC(=O)O4)C12. The Kier molecular flexibility index (Phi) is 3.64. The van der Waals surface area contributed by atoms with Crippen molar-refractivity contribution in [2.24, 2.45) is 40.4 Å². The van der Waals surface area contributed by atoms with Crippen molar-refractivity contribution >= 4 is 11.8 Å². The fourth-order valence-corrected chi connectivity index (χ4v) is 8.85. The molecule has 4 fully saturated rings. The summed E-state index contributed by atoms with van der Waals surface area (Å²) in [6, 6.07) is 0. The fourth-order valence-electron chi connectivity index (χ4n) is 8.85. The molecule has 3 heteroatoms. The standard InChI is InChI=1S/C24H34O3/c1-14-11-16-12-17(25)5-8-22(16,3)21-15(2)13-23(4)18(20(14)21)6-9-24(23)10-7-19(26)27-24/h12,14-15,18,20-21H,5-11,13H2,1-4H3/t14?,15?,18?,20?,21?,22-,23-,24?/m0/s1. The quantitative estimate of drug-likeness (QED) is 0.558. The number of allylic oxidation sites excluding steroid dienone is 1. The van der Waals surface area contributed by atoms with Crippen LogP contribution in [0.25, 0.3) is 0 Å². The second-order valence-corrected chi connectivity index (χ2v) is 11.1. The molecule has 3 nitrogen and oxygen atoms in total. The molecule has 5 rings (SSSR count). The average molecular weight is 371 g/mol. The first kappa shape index (κ1) is 17.9. The monoisotopic (exact) mass is 370 g/mol. The Morgan fingerprint density at radius 1 is 1.04 bits per heavy atom. The van der Waals surface area contributed by atoms with Gasteiger partial charge in [-0.25, -0.2) is 0 Å². The zero-order chi connectivity index (χ0) is 19.2. The summed E-state index contributed by atoms with van der Waals surface area (Å²) in [7, 11) is 0. The van der Waals surface area contributed by atoms with Crippen LogP contribution in [0.1, 0.15) is 79.1 Å². The highest BCUT2D eigenvalue weighted by atomic mass is 16.6. The van der Waals surface area contributed by atoms with Crippen LogP contribution in [-0.4, -0.2) is 17.4 Å². The highest BCUT2D eigenvalue weighted by molar-refractivity contribution is 5.91. The number of ketones is 1. The summed E-state index contributed by atoms with van der Waals surface area (Å²) in [5.74, 6) is 3.56. The lowest BCUT2D eigenvalue weighted by molar-refractivity contribution is -0.178. The molecule has 1 spiro atoms. The summed E-state index contributed by atoms with van der Waals surface area (Å²) < 4.78 is 6.10. The minimum Gasteiger partial charge on any atom is -0.458 e. The van der Waals surface area contributed by atoms with E-state index in [1.807, 2.05) is 6.08 Å². The van der Waals surface area contributed by atoms with Crippen LogP contribution in [-0.2, 0) is 14.3 Å². The molecule has 0 N–H and O–H groups in total. The molecule has 0 bridgehead atoms. The highest BCUT2D eigenvalue weighted by Crippen LogP contribution is 2.71. The van der Waals surface area contributed by atoms with Gasteiger partial charge >= 0.3 is 5.97 Å². The third kappa shape index (κ3) is 2.15. The minimum absolute atomic E-state index is 0.0197. The Bertz CT molecular complexity index is 738. The molecule has 27 heavy (non-hydrogen) atoms. The Morgan fingerprint density at radius 2 is 1.81 bits per heavy atom. The van der Waals surface area contributed by atoms with Gasteiger partial charge in [0.05, 0.1) is 0 Å². The molecule has 0 aromatic heterocycles. The van der Waals surface area contributed by atoms with E-state index in [0.29, 0.717) is 48.2 Å². The Morgan fingerprint density at radius 3 is 2.52 bits per heavy atom. The number of fused-ring (bicyclic) bond motifs is 6. The Hall–Kier alpha value is -1.12. The van der Waals surface area contributed by atoms with E-state index in [1.165, 1.54) is 12.0 Å². The maximum absolute atomic E-state index is 12.1. The van der Waals surface area contributed by atoms with Crippen LogP contribution in [0, 0.1) is 40.4 Å². The molecule has 1 heterocycles. The summed E-state index contributed by atoms with van der Waals surface area (Å²) >= 11 is 0. The second kappa shape index (κ2) is 5.48. The summed E-state index contributed by atoms with van der Waals surface area (Å²) in [5, 5.41) is 0. The molecule has 5 aliphatic rings. The van der Waals surface area contributed by atoms with Gasteiger partial charge in [0.15, 0.2) is 5.78 Å². The average Bonchev–Trinajstić information content (AvgIpc) is 3.10. The van der Waals surface area contributed by atoms with Crippen LogP contribution in [0.3, 0.4) is 0 Å². The van der Waals surface area contributed by atoms with Gasteiger partial charge in [-0.15, -0.1) is 0 Å². The molecule has 1 saturated heterocycles. The molecule has 148 valence electrons. The van der Waals surface area contributed by atoms with Crippen LogP contribution >= 0.6 is 0 Å². The third-order valence-electron chi connectivity index (χ3n) is 9.89. The van der Waals surface area contributed by atoms with Gasteiger partial charge in [-0.1, -0.05) is 33.3 Å². The topological polar surface area (TPSA) is 43.4 Å².